The Balaban J connectivity index is 1.64. The van der Waals surface area contributed by atoms with Gasteiger partial charge in [0.25, 0.3) is 0 Å². The first-order valence-corrected chi connectivity index (χ1v) is 12.2. The number of hydrogen-bond acceptors (Lipinski definition) is 3. The maximum absolute atomic E-state index is 12.5. The molecule has 0 bridgehead atoms. The highest BCUT2D eigenvalue weighted by atomic mass is 16.6. The highest BCUT2D eigenvalue weighted by Gasteiger charge is 2.29. The Morgan fingerprint density at radius 3 is 2.09 bits per heavy atom. The Hall–Kier alpha value is -2.75. The lowest BCUT2D eigenvalue weighted by atomic mass is 10.0. The number of rotatable bonds is 7. The van der Waals surface area contributed by atoms with Crippen molar-refractivity contribution in [1.82, 2.24) is 4.90 Å². The standard InChI is InChI=1S/C29H40N2O2/c1-23(2)17-22-31(27-18-20-30(21-19-27)28(32)33-29(3,4)5)26-15-13-25(14-16-26)12-11-24-9-7-6-8-10-24/h6-10,13-17,27H,11-12,18-22H2,1-5H3. The fourth-order valence-corrected chi connectivity index (χ4v) is 4.22. The van der Waals surface area contributed by atoms with E-state index >= 15 is 0 Å². The number of piperidine rings is 1. The van der Waals surface area contributed by atoms with Crippen LogP contribution in [0.3, 0.4) is 0 Å². The van der Waals surface area contributed by atoms with Crippen LogP contribution in [-0.2, 0) is 17.6 Å². The number of likely N-dealkylation sites (tertiary alicyclic amines) is 1. The van der Waals surface area contributed by atoms with Crippen LogP contribution in [0.2, 0.25) is 0 Å². The van der Waals surface area contributed by atoms with E-state index in [0.29, 0.717) is 6.04 Å². The first kappa shape index (κ1) is 24.9. The van der Waals surface area contributed by atoms with Crippen LogP contribution in [0.25, 0.3) is 0 Å². The zero-order valence-electron chi connectivity index (χ0n) is 21.0. The summed E-state index contributed by atoms with van der Waals surface area (Å²) in [4.78, 5) is 16.8. The van der Waals surface area contributed by atoms with Crippen LogP contribution >= 0.6 is 0 Å². The van der Waals surface area contributed by atoms with Gasteiger partial charge >= 0.3 is 6.09 Å². The molecule has 1 aliphatic rings. The van der Waals surface area contributed by atoms with Crippen LogP contribution in [0.15, 0.2) is 66.2 Å². The smallest absolute Gasteiger partial charge is 0.410 e. The minimum absolute atomic E-state index is 0.195. The Kier molecular flexibility index (Phi) is 8.60. The first-order chi connectivity index (χ1) is 15.7. The van der Waals surface area contributed by atoms with Gasteiger partial charge in [-0.25, -0.2) is 4.79 Å². The molecule has 4 nitrogen and oxygen atoms in total. The van der Waals surface area contributed by atoms with E-state index in [2.05, 4.69) is 79.4 Å². The molecule has 178 valence electrons. The van der Waals surface area contributed by atoms with Crippen molar-refractivity contribution in [2.45, 2.75) is 71.9 Å². The fourth-order valence-electron chi connectivity index (χ4n) is 4.22. The normalized spacial score (nSPS) is 14.6. The zero-order chi connectivity index (χ0) is 23.8. The number of carbonyl (C=O) groups excluding carboxylic acids is 1. The van der Waals surface area contributed by atoms with E-state index in [1.165, 1.54) is 22.4 Å². The van der Waals surface area contributed by atoms with Gasteiger partial charge < -0.3 is 14.5 Å². The minimum atomic E-state index is -0.453. The second-order valence-corrected chi connectivity index (χ2v) is 10.3. The second kappa shape index (κ2) is 11.4. The van der Waals surface area contributed by atoms with Crippen LogP contribution in [0.5, 0.6) is 0 Å². The Morgan fingerprint density at radius 2 is 1.55 bits per heavy atom. The Labute approximate surface area is 200 Å². The highest BCUT2D eigenvalue weighted by molar-refractivity contribution is 5.68. The van der Waals surface area contributed by atoms with Gasteiger partial charge in [0, 0.05) is 31.4 Å². The third-order valence-electron chi connectivity index (χ3n) is 6.07. The van der Waals surface area contributed by atoms with Crippen LogP contribution < -0.4 is 4.90 Å². The van der Waals surface area contributed by atoms with Crippen molar-refractivity contribution in [3.8, 4) is 0 Å². The van der Waals surface area contributed by atoms with Gasteiger partial charge in [-0.1, -0.05) is 54.1 Å². The molecule has 0 radical (unpaired) electrons. The molecule has 1 amide bonds. The molecule has 0 spiro atoms. The maximum atomic E-state index is 12.5. The lowest BCUT2D eigenvalue weighted by molar-refractivity contribution is 0.0205. The average molecular weight is 449 g/mol. The quantitative estimate of drug-likeness (QED) is 0.445. The lowest BCUT2D eigenvalue weighted by Gasteiger charge is -2.39. The fraction of sp³-hybridized carbons (Fsp3) is 0.483. The third-order valence-corrected chi connectivity index (χ3v) is 6.07. The van der Waals surface area contributed by atoms with Crippen molar-refractivity contribution in [2.24, 2.45) is 0 Å². The van der Waals surface area contributed by atoms with Crippen LogP contribution in [0.4, 0.5) is 10.5 Å². The number of ether oxygens (including phenoxy) is 1. The number of carbonyl (C=O) groups is 1. The number of allylic oxidation sites excluding steroid dienone is 1. The average Bonchev–Trinajstić information content (AvgIpc) is 2.78. The van der Waals surface area contributed by atoms with Crippen molar-refractivity contribution >= 4 is 11.8 Å². The molecule has 0 aromatic heterocycles. The monoisotopic (exact) mass is 448 g/mol. The molecule has 0 N–H and O–H groups in total. The molecule has 1 saturated heterocycles. The van der Waals surface area contributed by atoms with Crippen molar-refractivity contribution in [2.75, 3.05) is 24.5 Å². The maximum Gasteiger partial charge on any atom is 0.410 e. The van der Waals surface area contributed by atoms with E-state index in [1.54, 1.807) is 0 Å². The molecular weight excluding hydrogens is 408 g/mol. The highest BCUT2D eigenvalue weighted by Crippen LogP contribution is 2.26. The molecule has 3 rings (SSSR count). The number of hydrogen-bond donors (Lipinski definition) is 0. The lowest BCUT2D eigenvalue weighted by Crippen LogP contribution is -2.48. The summed E-state index contributed by atoms with van der Waals surface area (Å²) in [5.74, 6) is 0. The van der Waals surface area contributed by atoms with Crippen molar-refractivity contribution in [1.29, 1.82) is 0 Å². The van der Waals surface area contributed by atoms with Crippen molar-refractivity contribution < 1.29 is 9.53 Å². The summed E-state index contributed by atoms with van der Waals surface area (Å²) in [5.41, 5.74) is 4.87. The van der Waals surface area contributed by atoms with Gasteiger partial charge in [-0.05, 0) is 83.6 Å². The molecule has 33 heavy (non-hydrogen) atoms. The predicted molar refractivity (Wildman–Crippen MR) is 138 cm³/mol. The Bertz CT molecular complexity index is 901. The number of anilines is 1. The second-order valence-electron chi connectivity index (χ2n) is 10.3. The number of benzene rings is 2. The van der Waals surface area contributed by atoms with Gasteiger partial charge in [-0.3, -0.25) is 0 Å². The summed E-state index contributed by atoms with van der Waals surface area (Å²) in [6.07, 6.45) is 6.11. The molecule has 2 aromatic carbocycles. The molecule has 1 fully saturated rings. The summed E-state index contributed by atoms with van der Waals surface area (Å²) in [5, 5.41) is 0. The molecule has 4 heteroatoms. The summed E-state index contributed by atoms with van der Waals surface area (Å²) < 4.78 is 5.57. The number of amides is 1. The molecule has 0 unspecified atom stereocenters. The van der Waals surface area contributed by atoms with Gasteiger partial charge in [0.1, 0.15) is 5.60 Å². The van der Waals surface area contributed by atoms with E-state index < -0.39 is 5.60 Å². The van der Waals surface area contributed by atoms with Crippen LogP contribution in [-0.4, -0.2) is 42.3 Å². The van der Waals surface area contributed by atoms with Crippen LogP contribution in [0, 0.1) is 0 Å². The largest absolute Gasteiger partial charge is 0.444 e. The number of aryl methyl sites for hydroxylation is 2. The molecule has 0 atom stereocenters. The van der Waals surface area contributed by atoms with Crippen LogP contribution in [0.1, 0.15) is 58.6 Å². The van der Waals surface area contributed by atoms with E-state index in [9.17, 15) is 4.79 Å². The molecule has 2 aromatic rings. The predicted octanol–water partition coefficient (Wildman–Crippen LogP) is 6.64. The van der Waals surface area contributed by atoms with Gasteiger partial charge in [0.2, 0.25) is 0 Å². The number of nitrogens with zero attached hydrogens (tertiary/aromatic N) is 2. The van der Waals surface area contributed by atoms with Gasteiger partial charge in [0.05, 0.1) is 0 Å². The molecule has 1 heterocycles. The van der Waals surface area contributed by atoms with E-state index in [4.69, 9.17) is 4.74 Å². The third kappa shape index (κ3) is 7.96. The summed E-state index contributed by atoms with van der Waals surface area (Å²) in [6, 6.07) is 20.1. The zero-order valence-corrected chi connectivity index (χ0v) is 21.0. The summed E-state index contributed by atoms with van der Waals surface area (Å²) in [7, 11) is 0. The van der Waals surface area contributed by atoms with Gasteiger partial charge in [-0.2, -0.15) is 0 Å². The van der Waals surface area contributed by atoms with Gasteiger partial charge in [0.15, 0.2) is 0 Å². The van der Waals surface area contributed by atoms with E-state index in [-0.39, 0.29) is 6.09 Å². The topological polar surface area (TPSA) is 32.8 Å². The Morgan fingerprint density at radius 1 is 0.970 bits per heavy atom. The summed E-state index contributed by atoms with van der Waals surface area (Å²) >= 11 is 0. The van der Waals surface area contributed by atoms with Crippen molar-refractivity contribution in [3.05, 3.63) is 77.4 Å². The van der Waals surface area contributed by atoms with Gasteiger partial charge in [-0.15, -0.1) is 0 Å². The van der Waals surface area contributed by atoms with E-state index in [1.807, 2.05) is 25.7 Å². The minimum Gasteiger partial charge on any atom is -0.444 e. The molecular formula is C29H40N2O2. The van der Waals surface area contributed by atoms with E-state index in [0.717, 1.165) is 45.3 Å². The molecule has 0 aliphatic carbocycles. The van der Waals surface area contributed by atoms with Crippen molar-refractivity contribution in [3.63, 3.8) is 0 Å². The molecule has 1 aliphatic heterocycles. The molecule has 0 saturated carbocycles. The summed E-state index contributed by atoms with van der Waals surface area (Å²) in [6.45, 7) is 12.4. The SMILES string of the molecule is CC(C)=CCN(c1ccc(CCc2ccccc2)cc1)C1CCN(C(=O)OC(C)(C)C)CC1. The first-order valence-electron chi connectivity index (χ1n) is 12.2.